The number of sulfonamides is 1. The molecule has 4 N–H and O–H groups in total. The largest absolute Gasteiger partial charge is 0.493 e. The van der Waals surface area contributed by atoms with Crippen molar-refractivity contribution in [1.29, 1.82) is 0 Å². The summed E-state index contributed by atoms with van der Waals surface area (Å²) >= 11 is 0. The number of nitrogens with two attached hydrogens (primary N) is 1. The van der Waals surface area contributed by atoms with Gasteiger partial charge in [0.25, 0.3) is 0 Å². The first-order valence-corrected chi connectivity index (χ1v) is 11.3. The topological polar surface area (TPSA) is 115 Å². The molecule has 0 heterocycles. The lowest BCUT2D eigenvalue weighted by atomic mass is 10.1. The predicted octanol–water partition coefficient (Wildman–Crippen LogP) is 2.66. The summed E-state index contributed by atoms with van der Waals surface area (Å²) in [5.41, 5.74) is 2.10. The van der Waals surface area contributed by atoms with Crippen molar-refractivity contribution < 1.29 is 17.9 Å². The summed E-state index contributed by atoms with van der Waals surface area (Å²) in [6.07, 6.45) is 1.81. The van der Waals surface area contributed by atoms with Crippen LogP contribution < -0.4 is 25.2 Å². The van der Waals surface area contributed by atoms with Gasteiger partial charge in [-0.1, -0.05) is 18.2 Å². The van der Waals surface area contributed by atoms with E-state index >= 15 is 0 Å². The highest BCUT2D eigenvalue weighted by Crippen LogP contribution is 2.28. The van der Waals surface area contributed by atoms with Gasteiger partial charge in [-0.15, -0.1) is 24.0 Å². The lowest BCUT2D eigenvalue weighted by molar-refractivity contribution is 0.310. The quantitative estimate of drug-likeness (QED) is 0.178. The third kappa shape index (κ3) is 8.91. The van der Waals surface area contributed by atoms with E-state index in [1.54, 1.807) is 26.3 Å². The third-order valence-electron chi connectivity index (χ3n) is 4.40. The summed E-state index contributed by atoms with van der Waals surface area (Å²) in [4.78, 5) is 4.30. The lowest BCUT2D eigenvalue weighted by Crippen LogP contribution is -2.37. The molecule has 172 valence electrons. The number of nitrogens with one attached hydrogen (secondary N) is 2. The Morgan fingerprint density at radius 1 is 1.06 bits per heavy atom. The maximum atomic E-state index is 11.3. The summed E-state index contributed by atoms with van der Waals surface area (Å²) in [5, 5.41) is 11.6. The van der Waals surface area contributed by atoms with Crippen molar-refractivity contribution in [2.75, 3.05) is 27.3 Å². The average Bonchev–Trinajstić information content (AvgIpc) is 2.73. The summed E-state index contributed by atoms with van der Waals surface area (Å²) in [6.45, 7) is 3.80. The van der Waals surface area contributed by atoms with E-state index in [0.29, 0.717) is 19.1 Å². The number of hydrogen-bond acceptors (Lipinski definition) is 5. The number of halogens is 1. The van der Waals surface area contributed by atoms with E-state index in [4.69, 9.17) is 14.6 Å². The van der Waals surface area contributed by atoms with Crippen molar-refractivity contribution in [3.8, 4) is 11.5 Å². The number of aliphatic imine (C=N–C) groups is 1. The first-order valence-electron chi connectivity index (χ1n) is 9.73. The first kappa shape index (κ1) is 27.0. The predicted molar refractivity (Wildman–Crippen MR) is 134 cm³/mol. The Morgan fingerprint density at radius 3 is 2.32 bits per heavy atom. The van der Waals surface area contributed by atoms with Gasteiger partial charge in [0.05, 0.1) is 18.6 Å². The molecule has 2 rings (SSSR count). The van der Waals surface area contributed by atoms with Crippen LogP contribution in [-0.2, 0) is 23.0 Å². The Bertz CT molecular complexity index is 950. The smallest absolute Gasteiger partial charge is 0.238 e. The molecule has 0 aliphatic heterocycles. The van der Waals surface area contributed by atoms with Crippen LogP contribution in [0, 0.1) is 0 Å². The van der Waals surface area contributed by atoms with Crippen molar-refractivity contribution in [3.63, 3.8) is 0 Å². The highest BCUT2D eigenvalue weighted by Gasteiger charge is 2.07. The van der Waals surface area contributed by atoms with Gasteiger partial charge >= 0.3 is 0 Å². The molecule has 0 saturated heterocycles. The van der Waals surface area contributed by atoms with E-state index in [0.717, 1.165) is 36.4 Å². The van der Waals surface area contributed by atoms with Crippen LogP contribution in [0.2, 0.25) is 0 Å². The minimum atomic E-state index is -3.67. The van der Waals surface area contributed by atoms with Crippen LogP contribution in [0.15, 0.2) is 52.4 Å². The molecular weight excluding hydrogens is 531 g/mol. The van der Waals surface area contributed by atoms with Crippen molar-refractivity contribution in [1.82, 2.24) is 10.6 Å². The molecule has 0 fully saturated rings. The van der Waals surface area contributed by atoms with Crippen LogP contribution in [-0.4, -0.2) is 41.7 Å². The monoisotopic (exact) mass is 562 g/mol. The zero-order chi connectivity index (χ0) is 22.0. The molecule has 0 saturated carbocycles. The van der Waals surface area contributed by atoms with Gasteiger partial charge in [-0.2, -0.15) is 0 Å². The number of benzene rings is 2. The molecule has 31 heavy (non-hydrogen) atoms. The number of primary sulfonamides is 1. The van der Waals surface area contributed by atoms with Crippen molar-refractivity contribution in [2.45, 2.75) is 31.2 Å². The number of hydrogen-bond donors (Lipinski definition) is 3. The molecule has 10 heteroatoms. The second kappa shape index (κ2) is 13.4. The summed E-state index contributed by atoms with van der Waals surface area (Å²) in [6, 6.07) is 12.4. The summed E-state index contributed by atoms with van der Waals surface area (Å²) in [7, 11) is -0.336. The molecule has 0 bridgehead atoms. The van der Waals surface area contributed by atoms with Gasteiger partial charge < -0.3 is 20.1 Å². The Labute approximate surface area is 201 Å². The van der Waals surface area contributed by atoms with Gasteiger partial charge in [-0.3, -0.25) is 4.99 Å². The maximum absolute atomic E-state index is 11.3. The Balaban J connectivity index is 0.00000480. The molecule has 2 aromatic rings. The van der Waals surface area contributed by atoms with E-state index in [-0.39, 0.29) is 28.9 Å². The zero-order valence-electron chi connectivity index (χ0n) is 18.1. The molecule has 0 aliphatic rings. The molecule has 0 unspecified atom stereocenters. The fourth-order valence-corrected chi connectivity index (χ4v) is 3.36. The number of ether oxygens (including phenoxy) is 2. The third-order valence-corrected chi connectivity index (χ3v) is 5.33. The second-order valence-corrected chi connectivity index (χ2v) is 8.12. The van der Waals surface area contributed by atoms with Crippen LogP contribution in [0.25, 0.3) is 0 Å². The first-order chi connectivity index (χ1) is 14.4. The molecule has 0 radical (unpaired) electrons. The number of guanidine groups is 1. The fraction of sp³-hybridized carbons (Fsp3) is 0.381. The van der Waals surface area contributed by atoms with Gasteiger partial charge in [0.15, 0.2) is 17.5 Å². The molecule has 0 spiro atoms. The molecule has 2 aromatic carbocycles. The standard InChI is InChI=1S/C21H30N4O4S.HI/c1-4-29-20-14-16(9-12-19(20)28-3)6-5-13-24-21(23-2)25-15-17-7-10-18(11-8-17)30(22,26)27;/h7-12,14H,4-6,13,15H2,1-3H3,(H2,22,26,27)(H2,23,24,25);1H. The van der Waals surface area contributed by atoms with Gasteiger partial charge in [-0.05, 0) is 55.2 Å². The number of aryl methyl sites for hydroxylation is 1. The van der Waals surface area contributed by atoms with Crippen molar-refractivity contribution in [2.24, 2.45) is 10.1 Å². The van der Waals surface area contributed by atoms with Gasteiger partial charge in [0.2, 0.25) is 10.0 Å². The minimum Gasteiger partial charge on any atom is -0.493 e. The highest BCUT2D eigenvalue weighted by molar-refractivity contribution is 14.0. The zero-order valence-corrected chi connectivity index (χ0v) is 21.2. The van der Waals surface area contributed by atoms with Crippen molar-refractivity contribution >= 4 is 40.0 Å². The highest BCUT2D eigenvalue weighted by atomic mass is 127. The number of methoxy groups -OCH3 is 1. The molecule has 0 aromatic heterocycles. The maximum Gasteiger partial charge on any atom is 0.238 e. The van der Waals surface area contributed by atoms with Crippen molar-refractivity contribution in [3.05, 3.63) is 53.6 Å². The van der Waals surface area contributed by atoms with Gasteiger partial charge in [0, 0.05) is 20.1 Å². The second-order valence-electron chi connectivity index (χ2n) is 6.56. The molecule has 0 atom stereocenters. The van der Waals surface area contributed by atoms with Crippen LogP contribution in [0.4, 0.5) is 0 Å². The lowest BCUT2D eigenvalue weighted by Gasteiger charge is -2.13. The summed E-state index contributed by atoms with van der Waals surface area (Å²) in [5.74, 6) is 2.17. The van der Waals surface area contributed by atoms with E-state index < -0.39 is 10.0 Å². The Morgan fingerprint density at radius 2 is 1.74 bits per heavy atom. The van der Waals surface area contributed by atoms with Gasteiger partial charge in [-0.25, -0.2) is 13.6 Å². The van der Waals surface area contributed by atoms with E-state index in [9.17, 15) is 8.42 Å². The van der Waals surface area contributed by atoms with E-state index in [1.165, 1.54) is 17.7 Å². The van der Waals surface area contributed by atoms with E-state index in [2.05, 4.69) is 15.6 Å². The molecular formula is C21H31IN4O4S. The summed E-state index contributed by atoms with van der Waals surface area (Å²) < 4.78 is 33.6. The van der Waals surface area contributed by atoms with Crippen LogP contribution in [0.1, 0.15) is 24.5 Å². The minimum absolute atomic E-state index is 0. The van der Waals surface area contributed by atoms with Crippen LogP contribution in [0.3, 0.4) is 0 Å². The average molecular weight is 562 g/mol. The molecule has 0 amide bonds. The normalized spacial score (nSPS) is 11.4. The molecule has 8 nitrogen and oxygen atoms in total. The molecule has 0 aliphatic carbocycles. The Kier molecular flexibility index (Phi) is 11.6. The fourth-order valence-electron chi connectivity index (χ4n) is 2.85. The van der Waals surface area contributed by atoms with Crippen LogP contribution in [0.5, 0.6) is 11.5 Å². The number of nitrogens with zero attached hydrogens (tertiary/aromatic N) is 1. The number of rotatable bonds is 10. The SMILES string of the molecule is CCOc1cc(CCCNC(=NC)NCc2ccc(S(N)(=O)=O)cc2)ccc1OC.I. The Hall–Kier alpha value is -2.05. The van der Waals surface area contributed by atoms with Gasteiger partial charge in [0.1, 0.15) is 0 Å². The van der Waals surface area contributed by atoms with E-state index in [1.807, 2.05) is 25.1 Å². The van der Waals surface area contributed by atoms with Crippen LogP contribution >= 0.6 is 24.0 Å².